The van der Waals surface area contributed by atoms with E-state index in [2.05, 4.69) is 15.9 Å². The van der Waals surface area contributed by atoms with Gasteiger partial charge in [-0.3, -0.25) is 4.79 Å². The molecule has 2 heterocycles. The van der Waals surface area contributed by atoms with Crippen LogP contribution in [-0.2, 0) is 27.9 Å². The van der Waals surface area contributed by atoms with Crippen LogP contribution in [-0.4, -0.2) is 12.5 Å². The Bertz CT molecular complexity index is 988. The van der Waals surface area contributed by atoms with Gasteiger partial charge in [-0.25, -0.2) is 0 Å². The van der Waals surface area contributed by atoms with Gasteiger partial charge in [0.1, 0.15) is 0 Å². The average Bonchev–Trinajstić information content (AvgIpc) is 2.79. The number of halogens is 4. The highest BCUT2D eigenvalue weighted by atomic mass is 79.9. The molecule has 0 unspecified atom stereocenters. The zero-order valence-electron chi connectivity index (χ0n) is 15.7. The van der Waals surface area contributed by atoms with Crippen molar-refractivity contribution in [3.8, 4) is 0 Å². The Balaban J connectivity index is 1.85. The van der Waals surface area contributed by atoms with Gasteiger partial charge in [-0.05, 0) is 30.2 Å². The van der Waals surface area contributed by atoms with Crippen LogP contribution in [0.4, 0.5) is 18.9 Å². The van der Waals surface area contributed by atoms with Crippen LogP contribution in [0.2, 0.25) is 0 Å². The maximum Gasteiger partial charge on any atom is 0.416 e. The van der Waals surface area contributed by atoms with E-state index in [4.69, 9.17) is 4.74 Å². The number of carbonyl (C=O) groups excluding carboxylic acids is 1. The van der Waals surface area contributed by atoms with Gasteiger partial charge in [0.05, 0.1) is 24.4 Å². The van der Waals surface area contributed by atoms with E-state index >= 15 is 0 Å². The van der Waals surface area contributed by atoms with Gasteiger partial charge < -0.3 is 9.64 Å². The summed E-state index contributed by atoms with van der Waals surface area (Å²) in [6.07, 6.45) is 0.105. The molecule has 3 nitrogen and oxygen atoms in total. The SMILES string of the molecule is C[C@@H]1C=CCCO[C@]12C(=O)N(Cc1ccccc1C(F)(F)F)c1cccc(Br)c12. The van der Waals surface area contributed by atoms with E-state index in [-0.39, 0.29) is 23.9 Å². The summed E-state index contributed by atoms with van der Waals surface area (Å²) in [7, 11) is 0. The van der Waals surface area contributed by atoms with Crippen LogP contribution in [0.15, 0.2) is 59.1 Å². The van der Waals surface area contributed by atoms with Gasteiger partial charge in [-0.15, -0.1) is 0 Å². The summed E-state index contributed by atoms with van der Waals surface area (Å²) in [4.78, 5) is 15.1. The fourth-order valence-electron chi connectivity index (χ4n) is 4.20. The van der Waals surface area contributed by atoms with E-state index in [1.165, 1.54) is 17.0 Å². The molecule has 0 saturated heterocycles. The second-order valence-corrected chi connectivity index (χ2v) is 8.12. The van der Waals surface area contributed by atoms with Crippen molar-refractivity contribution in [1.29, 1.82) is 0 Å². The zero-order chi connectivity index (χ0) is 20.8. The zero-order valence-corrected chi connectivity index (χ0v) is 17.3. The molecule has 0 radical (unpaired) electrons. The third-order valence-corrected chi connectivity index (χ3v) is 6.21. The fraction of sp³-hybridized carbons (Fsp3) is 0.318. The highest BCUT2D eigenvalue weighted by Crippen LogP contribution is 2.52. The average molecular weight is 466 g/mol. The lowest BCUT2D eigenvalue weighted by Crippen LogP contribution is -2.46. The molecule has 2 atom stereocenters. The predicted octanol–water partition coefficient (Wildman–Crippen LogP) is 5.82. The number of nitrogens with zero attached hydrogens (tertiary/aromatic N) is 1. The second-order valence-electron chi connectivity index (χ2n) is 7.27. The van der Waals surface area contributed by atoms with E-state index in [0.29, 0.717) is 28.8 Å². The molecule has 2 aliphatic heterocycles. The highest BCUT2D eigenvalue weighted by molar-refractivity contribution is 9.10. The number of carbonyl (C=O) groups is 1. The molecule has 2 aromatic rings. The largest absolute Gasteiger partial charge is 0.416 e. The van der Waals surface area contributed by atoms with E-state index in [1.54, 1.807) is 18.2 Å². The van der Waals surface area contributed by atoms with Crippen LogP contribution in [0.25, 0.3) is 0 Å². The molecule has 0 fully saturated rings. The van der Waals surface area contributed by atoms with Gasteiger partial charge in [0.25, 0.3) is 5.91 Å². The Hall–Kier alpha value is -2.12. The van der Waals surface area contributed by atoms with Crippen LogP contribution in [0.5, 0.6) is 0 Å². The van der Waals surface area contributed by atoms with Gasteiger partial charge in [-0.2, -0.15) is 13.2 Å². The molecule has 0 N–H and O–H groups in total. The molecule has 152 valence electrons. The number of alkyl halides is 3. The maximum absolute atomic E-state index is 13.7. The molecule has 2 aliphatic rings. The van der Waals surface area contributed by atoms with Crippen molar-refractivity contribution in [2.24, 2.45) is 5.92 Å². The summed E-state index contributed by atoms with van der Waals surface area (Å²) in [5.41, 5.74) is -0.694. The van der Waals surface area contributed by atoms with Crippen molar-refractivity contribution in [2.45, 2.75) is 31.7 Å². The third kappa shape index (κ3) is 3.20. The summed E-state index contributed by atoms with van der Waals surface area (Å²) in [6, 6.07) is 10.7. The van der Waals surface area contributed by atoms with E-state index in [1.807, 2.05) is 25.1 Å². The van der Waals surface area contributed by atoms with Gasteiger partial charge in [0, 0.05) is 16.0 Å². The Morgan fingerprint density at radius 2 is 1.97 bits per heavy atom. The van der Waals surface area contributed by atoms with E-state index < -0.39 is 17.3 Å². The number of ether oxygens (including phenoxy) is 1. The van der Waals surface area contributed by atoms with Crippen molar-refractivity contribution in [3.63, 3.8) is 0 Å². The van der Waals surface area contributed by atoms with Gasteiger partial charge in [0.15, 0.2) is 5.60 Å². The predicted molar refractivity (Wildman–Crippen MR) is 107 cm³/mol. The Kier molecular flexibility index (Phi) is 5.07. The van der Waals surface area contributed by atoms with Crippen LogP contribution < -0.4 is 4.90 Å². The Labute approximate surface area is 175 Å². The highest BCUT2D eigenvalue weighted by Gasteiger charge is 2.56. The normalized spacial score (nSPS) is 24.1. The summed E-state index contributed by atoms with van der Waals surface area (Å²) in [6.45, 7) is 2.08. The second kappa shape index (κ2) is 7.29. The van der Waals surface area contributed by atoms with Crippen molar-refractivity contribution in [2.75, 3.05) is 11.5 Å². The van der Waals surface area contributed by atoms with Crippen molar-refractivity contribution < 1.29 is 22.7 Å². The van der Waals surface area contributed by atoms with Crippen LogP contribution in [0, 0.1) is 5.92 Å². The summed E-state index contributed by atoms with van der Waals surface area (Å²) < 4.78 is 47.3. The monoisotopic (exact) mass is 465 g/mol. The molecule has 1 amide bonds. The minimum absolute atomic E-state index is 0.0492. The smallest absolute Gasteiger partial charge is 0.359 e. The molecule has 1 spiro atoms. The number of amides is 1. The molecule has 4 rings (SSSR count). The number of fused-ring (bicyclic) bond motifs is 2. The number of benzene rings is 2. The molecule has 2 aromatic carbocycles. The Morgan fingerprint density at radius 1 is 1.21 bits per heavy atom. The Morgan fingerprint density at radius 3 is 2.72 bits per heavy atom. The molecular weight excluding hydrogens is 447 g/mol. The molecular formula is C22H19BrF3NO2. The number of anilines is 1. The molecule has 0 aliphatic carbocycles. The van der Waals surface area contributed by atoms with Gasteiger partial charge in [0.2, 0.25) is 0 Å². The summed E-state index contributed by atoms with van der Waals surface area (Å²) in [5.74, 6) is -0.603. The first-order chi connectivity index (χ1) is 13.8. The first kappa shape index (κ1) is 20.2. The van der Waals surface area contributed by atoms with E-state index in [0.717, 1.165) is 6.07 Å². The number of rotatable bonds is 2. The minimum atomic E-state index is -4.49. The first-order valence-electron chi connectivity index (χ1n) is 9.33. The van der Waals surface area contributed by atoms with Crippen LogP contribution >= 0.6 is 15.9 Å². The maximum atomic E-state index is 13.7. The lowest BCUT2D eigenvalue weighted by Gasteiger charge is -2.32. The number of hydrogen-bond donors (Lipinski definition) is 0. The first-order valence-corrected chi connectivity index (χ1v) is 10.1. The van der Waals surface area contributed by atoms with E-state index in [9.17, 15) is 18.0 Å². The van der Waals surface area contributed by atoms with Gasteiger partial charge in [-0.1, -0.05) is 59.3 Å². The molecule has 0 aromatic heterocycles. The third-order valence-electron chi connectivity index (χ3n) is 5.55. The molecule has 7 heteroatoms. The molecule has 0 bridgehead atoms. The standard InChI is InChI=1S/C22H19BrF3NO2/c1-14-7-4-5-12-29-21(14)19-17(23)10-6-11-18(19)27(20(21)28)13-15-8-2-3-9-16(15)22(24,25)26/h2-4,6-11,14H,5,12-13H2,1H3/t14-,21-/m1/s1. The van der Waals surface area contributed by atoms with Crippen LogP contribution in [0.3, 0.4) is 0 Å². The van der Waals surface area contributed by atoms with Crippen molar-refractivity contribution in [1.82, 2.24) is 0 Å². The summed E-state index contributed by atoms with van der Waals surface area (Å²) in [5, 5.41) is 0. The minimum Gasteiger partial charge on any atom is -0.359 e. The lowest BCUT2D eigenvalue weighted by atomic mass is 9.83. The lowest BCUT2D eigenvalue weighted by molar-refractivity contribution is -0.148. The molecule has 0 saturated carbocycles. The van der Waals surface area contributed by atoms with Crippen molar-refractivity contribution >= 4 is 27.5 Å². The molecule has 29 heavy (non-hydrogen) atoms. The fourth-order valence-corrected chi connectivity index (χ4v) is 4.85. The van der Waals surface area contributed by atoms with Gasteiger partial charge >= 0.3 is 6.18 Å². The number of hydrogen-bond acceptors (Lipinski definition) is 2. The van der Waals surface area contributed by atoms with Crippen molar-refractivity contribution in [3.05, 3.63) is 75.8 Å². The topological polar surface area (TPSA) is 29.5 Å². The summed E-state index contributed by atoms with van der Waals surface area (Å²) >= 11 is 3.53. The quantitative estimate of drug-likeness (QED) is 0.522. The van der Waals surface area contributed by atoms with Crippen LogP contribution in [0.1, 0.15) is 30.0 Å².